The summed E-state index contributed by atoms with van der Waals surface area (Å²) in [5.74, 6) is -0.604. The summed E-state index contributed by atoms with van der Waals surface area (Å²) in [5.41, 5.74) is -1.78. The van der Waals surface area contributed by atoms with Crippen LogP contribution in [0.3, 0.4) is 0 Å². The van der Waals surface area contributed by atoms with Crippen LogP contribution in [0.15, 0.2) is 60.3 Å². The number of hydrogen-bond acceptors (Lipinski definition) is 4. The lowest BCUT2D eigenvalue weighted by Crippen LogP contribution is -2.17. The lowest BCUT2D eigenvalue weighted by Gasteiger charge is -2.19. The average Bonchev–Trinajstić information content (AvgIpc) is 3.18. The average molecular weight is 543 g/mol. The van der Waals surface area contributed by atoms with Gasteiger partial charge in [-0.15, -0.1) is 16.8 Å². The summed E-state index contributed by atoms with van der Waals surface area (Å²) >= 11 is 0.942. The first-order valence-corrected chi connectivity index (χ1v) is 12.0. The number of thioether (sulfide) groups is 1. The third kappa shape index (κ3) is 7.15. The van der Waals surface area contributed by atoms with Crippen molar-refractivity contribution in [1.82, 2.24) is 14.8 Å². The normalized spacial score (nSPS) is 12.5. The molecule has 0 bridgehead atoms. The fourth-order valence-electron chi connectivity index (χ4n) is 3.38. The molecule has 1 amide bonds. The number of hydrogen-bond donors (Lipinski definition) is 1. The molecule has 0 radical (unpaired) electrons. The maximum absolute atomic E-state index is 13.1. The number of carbonyl (C=O) groups excluding carboxylic acids is 1. The van der Waals surface area contributed by atoms with Gasteiger partial charge >= 0.3 is 12.4 Å². The number of nitrogens with one attached hydrogen (secondary N) is 1. The van der Waals surface area contributed by atoms with E-state index in [0.29, 0.717) is 29.7 Å². The molecule has 5 nitrogen and oxygen atoms in total. The Balaban J connectivity index is 1.78. The van der Waals surface area contributed by atoms with Gasteiger partial charge in [-0.2, -0.15) is 26.3 Å². The summed E-state index contributed by atoms with van der Waals surface area (Å²) < 4.78 is 80.1. The van der Waals surface area contributed by atoms with Gasteiger partial charge in [-0.25, -0.2) is 0 Å². The van der Waals surface area contributed by atoms with Gasteiger partial charge in [0.2, 0.25) is 5.91 Å². The summed E-state index contributed by atoms with van der Waals surface area (Å²) in [4.78, 5) is 12.4. The molecule has 0 aliphatic heterocycles. The van der Waals surface area contributed by atoms with E-state index in [1.807, 2.05) is 24.3 Å². The summed E-state index contributed by atoms with van der Waals surface area (Å²) in [6.45, 7) is 10.3. The Labute approximate surface area is 214 Å². The fourth-order valence-corrected chi connectivity index (χ4v) is 4.12. The molecule has 1 N–H and O–H groups in total. The van der Waals surface area contributed by atoms with E-state index in [0.717, 1.165) is 22.9 Å². The van der Waals surface area contributed by atoms with Crippen molar-refractivity contribution < 1.29 is 31.1 Å². The van der Waals surface area contributed by atoms with Crippen LogP contribution in [0.25, 0.3) is 11.4 Å². The van der Waals surface area contributed by atoms with E-state index in [-0.39, 0.29) is 17.2 Å². The van der Waals surface area contributed by atoms with Crippen LogP contribution in [0.4, 0.5) is 32.0 Å². The molecule has 3 aromatic rings. The molecule has 1 aromatic heterocycles. The van der Waals surface area contributed by atoms with E-state index in [1.165, 1.54) is 0 Å². The summed E-state index contributed by atoms with van der Waals surface area (Å²) in [6.07, 6.45) is -8.42. The maximum Gasteiger partial charge on any atom is 0.416 e. The number of benzene rings is 2. The molecule has 0 fully saturated rings. The second kappa shape index (κ2) is 10.6. The Bertz CT molecular complexity index is 1240. The third-order valence-electron chi connectivity index (χ3n) is 5.24. The standard InChI is InChI=1S/C25H24F6N4OS/c1-5-10-35-21(15-6-8-16(9-7-15)23(2,3)4)33-34-22(35)37-14-20(36)32-19-12-17(24(26,27)28)11-18(13-19)25(29,30)31/h5-9,11-13H,1,10,14H2,2-4H3,(H,32,36). The molecule has 3 rings (SSSR count). The molecule has 0 spiro atoms. The van der Waals surface area contributed by atoms with Gasteiger partial charge in [0.1, 0.15) is 0 Å². The van der Waals surface area contributed by atoms with Crippen molar-refractivity contribution in [3.63, 3.8) is 0 Å². The van der Waals surface area contributed by atoms with Gasteiger partial charge in [-0.05, 0) is 29.2 Å². The molecule has 0 aliphatic rings. The predicted molar refractivity (Wildman–Crippen MR) is 130 cm³/mol. The van der Waals surface area contributed by atoms with Crippen LogP contribution in [0.2, 0.25) is 0 Å². The highest BCUT2D eigenvalue weighted by atomic mass is 32.2. The van der Waals surface area contributed by atoms with E-state index in [4.69, 9.17) is 0 Å². The van der Waals surface area contributed by atoms with Crippen molar-refractivity contribution in [2.45, 2.75) is 50.2 Å². The number of nitrogens with zero attached hydrogens (tertiary/aromatic N) is 3. The molecule has 0 saturated heterocycles. The second-order valence-electron chi connectivity index (χ2n) is 9.16. The van der Waals surface area contributed by atoms with Crippen molar-refractivity contribution >= 4 is 23.4 Å². The molecule has 2 aromatic carbocycles. The van der Waals surface area contributed by atoms with Crippen LogP contribution in [0.5, 0.6) is 0 Å². The Morgan fingerprint density at radius 2 is 1.51 bits per heavy atom. The zero-order valence-corrected chi connectivity index (χ0v) is 21.0. The summed E-state index contributed by atoms with van der Waals surface area (Å²) in [5, 5.41) is 10.8. The number of rotatable bonds is 7. The molecule has 0 aliphatic carbocycles. The first kappa shape index (κ1) is 28.3. The largest absolute Gasteiger partial charge is 0.416 e. The Morgan fingerprint density at radius 3 is 2.00 bits per heavy atom. The number of anilines is 1. The van der Waals surface area contributed by atoms with E-state index in [1.54, 1.807) is 10.6 Å². The Hall–Kier alpha value is -3.28. The quantitative estimate of drug-likeness (QED) is 0.195. The van der Waals surface area contributed by atoms with Gasteiger partial charge in [-0.1, -0.05) is 62.9 Å². The van der Waals surface area contributed by atoms with Crippen LogP contribution in [-0.4, -0.2) is 26.4 Å². The van der Waals surface area contributed by atoms with E-state index < -0.39 is 35.1 Å². The zero-order valence-electron chi connectivity index (χ0n) is 20.2. The van der Waals surface area contributed by atoms with Gasteiger partial charge in [0, 0.05) is 17.8 Å². The summed E-state index contributed by atoms with van der Waals surface area (Å²) in [7, 11) is 0. The van der Waals surface area contributed by atoms with Crippen LogP contribution in [0.1, 0.15) is 37.5 Å². The second-order valence-corrected chi connectivity index (χ2v) is 10.1. The van der Waals surface area contributed by atoms with E-state index in [9.17, 15) is 31.1 Å². The maximum atomic E-state index is 13.1. The Morgan fingerprint density at radius 1 is 0.946 bits per heavy atom. The minimum atomic E-state index is -5.02. The van der Waals surface area contributed by atoms with Crippen LogP contribution in [-0.2, 0) is 29.1 Å². The molecule has 37 heavy (non-hydrogen) atoms. The van der Waals surface area contributed by atoms with Gasteiger partial charge in [0.15, 0.2) is 11.0 Å². The number of allylic oxidation sites excluding steroid dienone is 1. The van der Waals surface area contributed by atoms with Crippen LogP contribution < -0.4 is 5.32 Å². The number of halogens is 6. The first-order chi connectivity index (χ1) is 17.1. The van der Waals surface area contributed by atoms with Gasteiger partial charge in [-0.3, -0.25) is 9.36 Å². The SMILES string of the molecule is C=CCn1c(SCC(=O)Nc2cc(C(F)(F)F)cc(C(F)(F)F)c2)nnc1-c1ccc(C(C)(C)C)cc1. The smallest absolute Gasteiger partial charge is 0.325 e. The molecule has 198 valence electrons. The van der Waals surface area contributed by atoms with Crippen LogP contribution in [0, 0.1) is 0 Å². The first-order valence-electron chi connectivity index (χ1n) is 11.0. The van der Waals surface area contributed by atoms with Crippen LogP contribution >= 0.6 is 11.8 Å². The van der Waals surface area contributed by atoms with Gasteiger partial charge in [0.05, 0.1) is 16.9 Å². The topological polar surface area (TPSA) is 59.8 Å². The predicted octanol–water partition coefficient (Wildman–Crippen LogP) is 7.20. The van der Waals surface area contributed by atoms with Crippen molar-refractivity contribution in [3.8, 4) is 11.4 Å². The highest BCUT2D eigenvalue weighted by molar-refractivity contribution is 7.99. The van der Waals surface area contributed by atoms with Gasteiger partial charge in [0.25, 0.3) is 0 Å². The minimum Gasteiger partial charge on any atom is -0.325 e. The highest BCUT2D eigenvalue weighted by Gasteiger charge is 2.37. The lowest BCUT2D eigenvalue weighted by atomic mass is 9.87. The number of alkyl halides is 6. The lowest BCUT2D eigenvalue weighted by molar-refractivity contribution is -0.143. The fraction of sp³-hybridized carbons (Fsp3) is 0.320. The molecular weight excluding hydrogens is 518 g/mol. The van der Waals surface area contributed by atoms with E-state index in [2.05, 4.69) is 42.9 Å². The zero-order chi connectivity index (χ0) is 27.6. The van der Waals surface area contributed by atoms with Crippen molar-refractivity contribution in [1.29, 1.82) is 0 Å². The number of aromatic nitrogens is 3. The van der Waals surface area contributed by atoms with Crippen molar-refractivity contribution in [3.05, 3.63) is 71.8 Å². The highest BCUT2D eigenvalue weighted by Crippen LogP contribution is 2.37. The van der Waals surface area contributed by atoms with Crippen molar-refractivity contribution in [2.75, 3.05) is 11.1 Å². The summed E-state index contributed by atoms with van der Waals surface area (Å²) in [6, 6.07) is 8.67. The minimum absolute atomic E-state index is 0.00226. The molecule has 0 unspecified atom stereocenters. The van der Waals surface area contributed by atoms with Crippen molar-refractivity contribution in [2.24, 2.45) is 0 Å². The van der Waals surface area contributed by atoms with E-state index >= 15 is 0 Å². The molecule has 0 saturated carbocycles. The van der Waals surface area contributed by atoms with Gasteiger partial charge < -0.3 is 5.32 Å². The molecule has 12 heteroatoms. The third-order valence-corrected chi connectivity index (χ3v) is 6.21. The molecule has 0 atom stereocenters. The molecular formula is C25H24F6N4OS. The number of carbonyl (C=O) groups is 1. The number of amides is 1. The Kier molecular flexibility index (Phi) is 8.11. The monoisotopic (exact) mass is 542 g/mol. The molecule has 1 heterocycles.